The van der Waals surface area contributed by atoms with Gasteiger partial charge in [0.2, 0.25) is 5.91 Å². The molecular formula is C20H19N3O. The van der Waals surface area contributed by atoms with Crippen molar-refractivity contribution < 1.29 is 4.79 Å². The Morgan fingerprint density at radius 2 is 1.92 bits per heavy atom. The number of para-hydroxylation sites is 1. The van der Waals surface area contributed by atoms with Gasteiger partial charge in [0.1, 0.15) is 0 Å². The number of hydrogen-bond donors (Lipinski definition) is 0. The van der Waals surface area contributed by atoms with Crippen molar-refractivity contribution in [1.82, 2.24) is 4.90 Å². The number of nitriles is 1. The summed E-state index contributed by atoms with van der Waals surface area (Å²) in [6, 6.07) is 18.0. The summed E-state index contributed by atoms with van der Waals surface area (Å²) < 4.78 is 0. The van der Waals surface area contributed by atoms with Crippen LogP contribution in [0.3, 0.4) is 0 Å². The maximum absolute atomic E-state index is 12.9. The third-order valence-corrected chi connectivity index (χ3v) is 5.33. The van der Waals surface area contributed by atoms with Gasteiger partial charge in [0.05, 0.1) is 17.0 Å². The number of benzene rings is 2. The van der Waals surface area contributed by atoms with E-state index in [1.54, 1.807) is 4.90 Å². The third kappa shape index (κ3) is 2.13. The minimum atomic E-state index is -0.391. The number of amides is 1. The van der Waals surface area contributed by atoms with E-state index < -0.39 is 5.41 Å². The molecule has 1 unspecified atom stereocenters. The highest BCUT2D eigenvalue weighted by Crippen LogP contribution is 2.46. The van der Waals surface area contributed by atoms with Gasteiger partial charge < -0.3 is 4.90 Å². The summed E-state index contributed by atoms with van der Waals surface area (Å²) >= 11 is 0. The van der Waals surface area contributed by atoms with E-state index in [-0.39, 0.29) is 5.91 Å². The number of carbonyl (C=O) groups is 1. The smallest absolute Gasteiger partial charge is 0.238 e. The zero-order chi connectivity index (χ0) is 16.7. The van der Waals surface area contributed by atoms with E-state index in [2.05, 4.69) is 17.0 Å². The van der Waals surface area contributed by atoms with Crippen molar-refractivity contribution in [2.75, 3.05) is 25.0 Å². The predicted molar refractivity (Wildman–Crippen MR) is 92.6 cm³/mol. The lowest BCUT2D eigenvalue weighted by molar-refractivity contribution is -0.122. The predicted octanol–water partition coefficient (Wildman–Crippen LogP) is 2.68. The molecule has 2 aromatic carbocycles. The van der Waals surface area contributed by atoms with Crippen LogP contribution in [0.1, 0.15) is 23.1 Å². The normalized spacial score (nSPS) is 22.8. The van der Waals surface area contributed by atoms with Crippen LogP contribution in [0.25, 0.3) is 0 Å². The highest BCUT2D eigenvalue weighted by Gasteiger charge is 2.53. The Kier molecular flexibility index (Phi) is 3.40. The largest absolute Gasteiger partial charge is 0.314 e. The van der Waals surface area contributed by atoms with Crippen LogP contribution in [-0.4, -0.2) is 30.9 Å². The van der Waals surface area contributed by atoms with E-state index in [1.165, 1.54) is 11.1 Å². The summed E-state index contributed by atoms with van der Waals surface area (Å²) in [4.78, 5) is 17.1. The van der Waals surface area contributed by atoms with Gasteiger partial charge in [0.25, 0.3) is 0 Å². The summed E-state index contributed by atoms with van der Waals surface area (Å²) in [5.74, 6) is 0.214. The van der Waals surface area contributed by atoms with Gasteiger partial charge >= 0.3 is 0 Å². The van der Waals surface area contributed by atoms with Crippen LogP contribution in [0.4, 0.5) is 5.69 Å². The summed E-state index contributed by atoms with van der Waals surface area (Å²) in [5.41, 5.74) is 3.68. The molecular weight excluding hydrogens is 298 g/mol. The second kappa shape index (κ2) is 5.47. The molecule has 0 bridgehead atoms. The Hall–Kier alpha value is -2.64. The molecule has 2 aliphatic heterocycles. The van der Waals surface area contributed by atoms with Crippen molar-refractivity contribution in [1.29, 1.82) is 5.26 Å². The first-order valence-corrected chi connectivity index (χ1v) is 8.23. The van der Waals surface area contributed by atoms with E-state index in [9.17, 15) is 4.79 Å². The Morgan fingerprint density at radius 3 is 2.67 bits per heavy atom. The Labute approximate surface area is 141 Å². The van der Waals surface area contributed by atoms with E-state index in [0.717, 1.165) is 31.7 Å². The quantitative estimate of drug-likeness (QED) is 0.855. The molecule has 4 heteroatoms. The Morgan fingerprint density at radius 1 is 1.17 bits per heavy atom. The zero-order valence-electron chi connectivity index (χ0n) is 13.7. The maximum atomic E-state index is 12.9. The number of fused-ring (bicyclic) bond motifs is 2. The Bertz CT molecular complexity index is 837. The van der Waals surface area contributed by atoms with E-state index in [4.69, 9.17) is 5.26 Å². The second-order valence-corrected chi connectivity index (χ2v) is 6.73. The summed E-state index contributed by atoms with van der Waals surface area (Å²) in [5, 5.41) is 8.90. The van der Waals surface area contributed by atoms with E-state index in [1.807, 2.05) is 49.5 Å². The summed E-state index contributed by atoms with van der Waals surface area (Å²) in [7, 11) is 1.87. The van der Waals surface area contributed by atoms with E-state index >= 15 is 0 Å². The number of anilines is 1. The minimum absolute atomic E-state index is 0.214. The van der Waals surface area contributed by atoms with Crippen LogP contribution in [-0.2, 0) is 16.8 Å². The van der Waals surface area contributed by atoms with Gasteiger partial charge in [0, 0.05) is 25.8 Å². The van der Waals surface area contributed by atoms with Crippen molar-refractivity contribution in [3.63, 3.8) is 0 Å². The first-order chi connectivity index (χ1) is 11.6. The van der Waals surface area contributed by atoms with Gasteiger partial charge in [-0.15, -0.1) is 0 Å². The first kappa shape index (κ1) is 14.9. The fourth-order valence-corrected chi connectivity index (χ4v) is 4.08. The highest BCUT2D eigenvalue weighted by atomic mass is 16.2. The lowest BCUT2D eigenvalue weighted by Gasteiger charge is -2.23. The number of hydrogen-bond acceptors (Lipinski definition) is 3. The topological polar surface area (TPSA) is 47.3 Å². The van der Waals surface area contributed by atoms with Crippen LogP contribution in [0.15, 0.2) is 48.5 Å². The van der Waals surface area contributed by atoms with Crippen LogP contribution in [0.2, 0.25) is 0 Å². The number of carbonyl (C=O) groups excluding carboxylic acids is 1. The fourth-order valence-electron chi connectivity index (χ4n) is 4.08. The molecule has 4 nitrogen and oxygen atoms in total. The highest BCUT2D eigenvalue weighted by molar-refractivity contribution is 6.08. The molecule has 0 saturated carbocycles. The molecule has 120 valence electrons. The van der Waals surface area contributed by atoms with Crippen molar-refractivity contribution >= 4 is 11.6 Å². The molecule has 0 aromatic heterocycles. The van der Waals surface area contributed by atoms with Crippen molar-refractivity contribution in [3.8, 4) is 6.07 Å². The van der Waals surface area contributed by atoms with Gasteiger partial charge in [-0.2, -0.15) is 5.26 Å². The molecule has 24 heavy (non-hydrogen) atoms. The molecule has 1 fully saturated rings. The van der Waals surface area contributed by atoms with Crippen molar-refractivity contribution in [2.45, 2.75) is 18.4 Å². The van der Waals surface area contributed by atoms with Crippen LogP contribution in [0.5, 0.6) is 0 Å². The SMILES string of the molecule is CN1C(=O)C2(CCN(Cc3ccc(C#N)cc3)C2)c2ccccc21. The molecule has 1 saturated heterocycles. The van der Waals surface area contributed by atoms with Gasteiger partial charge in [-0.25, -0.2) is 0 Å². The molecule has 0 N–H and O–H groups in total. The molecule has 2 heterocycles. The van der Waals surface area contributed by atoms with Crippen LogP contribution >= 0.6 is 0 Å². The molecule has 4 rings (SSSR count). The van der Waals surface area contributed by atoms with E-state index in [0.29, 0.717) is 5.56 Å². The number of rotatable bonds is 2. The molecule has 0 aliphatic carbocycles. The number of likely N-dealkylation sites (N-methyl/N-ethyl adjacent to an activating group) is 1. The average Bonchev–Trinajstić information content (AvgIpc) is 3.13. The summed E-state index contributed by atoms with van der Waals surface area (Å²) in [6.07, 6.45) is 0.865. The van der Waals surface area contributed by atoms with Gasteiger partial charge in [0.15, 0.2) is 0 Å². The van der Waals surface area contributed by atoms with Crippen LogP contribution < -0.4 is 4.90 Å². The molecule has 2 aliphatic rings. The molecule has 1 atom stereocenters. The summed E-state index contributed by atoms with van der Waals surface area (Å²) in [6.45, 7) is 2.48. The Balaban J connectivity index is 1.58. The number of likely N-dealkylation sites (tertiary alicyclic amines) is 1. The van der Waals surface area contributed by atoms with Crippen molar-refractivity contribution in [3.05, 3.63) is 65.2 Å². The van der Waals surface area contributed by atoms with Crippen molar-refractivity contribution in [2.24, 2.45) is 0 Å². The lowest BCUT2D eigenvalue weighted by Crippen LogP contribution is -2.40. The standard InChI is InChI=1S/C20H19N3O/c1-22-18-5-3-2-4-17(18)20(19(22)24)10-11-23(14-20)13-16-8-6-15(12-21)7-9-16/h2-9H,10-11,13-14H2,1H3. The van der Waals surface area contributed by atoms with Gasteiger partial charge in [-0.05, 0) is 42.3 Å². The zero-order valence-corrected chi connectivity index (χ0v) is 13.7. The number of nitrogens with zero attached hydrogens (tertiary/aromatic N) is 3. The molecule has 0 radical (unpaired) electrons. The minimum Gasteiger partial charge on any atom is -0.314 e. The molecule has 1 spiro atoms. The fraction of sp³-hybridized carbons (Fsp3) is 0.300. The lowest BCUT2D eigenvalue weighted by atomic mass is 9.81. The molecule has 1 amide bonds. The van der Waals surface area contributed by atoms with Gasteiger partial charge in [-0.3, -0.25) is 9.69 Å². The first-order valence-electron chi connectivity index (χ1n) is 8.23. The average molecular weight is 317 g/mol. The van der Waals surface area contributed by atoms with Crippen LogP contribution in [0, 0.1) is 11.3 Å². The molecule has 2 aromatic rings. The van der Waals surface area contributed by atoms with Gasteiger partial charge in [-0.1, -0.05) is 30.3 Å². The third-order valence-electron chi connectivity index (χ3n) is 5.33. The monoisotopic (exact) mass is 317 g/mol. The second-order valence-electron chi connectivity index (χ2n) is 6.73. The maximum Gasteiger partial charge on any atom is 0.238 e.